The van der Waals surface area contributed by atoms with Gasteiger partial charge in [-0.05, 0) is 43.1 Å². The lowest BCUT2D eigenvalue weighted by molar-refractivity contribution is 0.340. The van der Waals surface area contributed by atoms with E-state index in [1.165, 1.54) is 11.3 Å². The van der Waals surface area contributed by atoms with E-state index in [9.17, 15) is 8.42 Å². The molecule has 1 N–H and O–H groups in total. The molecule has 0 aliphatic heterocycles. The Kier molecular flexibility index (Phi) is 5.39. The fourth-order valence-corrected chi connectivity index (χ4v) is 4.70. The van der Waals surface area contributed by atoms with Gasteiger partial charge in [-0.2, -0.15) is 0 Å². The minimum atomic E-state index is -3.27. The molecule has 0 amide bonds. The molecule has 2 rings (SSSR count). The first-order valence-corrected chi connectivity index (χ1v) is 9.26. The molecular formula is C15H19NO3S2. The van der Waals surface area contributed by atoms with E-state index in [0.717, 1.165) is 11.3 Å². The Labute approximate surface area is 129 Å². The molecule has 6 heteroatoms. The van der Waals surface area contributed by atoms with Gasteiger partial charge in [-0.3, -0.25) is 0 Å². The normalized spacial score (nSPS) is 13.0. The van der Waals surface area contributed by atoms with Crippen molar-refractivity contribution in [2.45, 2.75) is 17.2 Å². The van der Waals surface area contributed by atoms with Crippen LogP contribution in [0.4, 0.5) is 0 Å². The van der Waals surface area contributed by atoms with Crippen LogP contribution in [-0.2, 0) is 9.84 Å². The largest absolute Gasteiger partial charge is 0.494 e. The Balaban J connectivity index is 2.16. The van der Waals surface area contributed by atoms with Crippen LogP contribution < -0.4 is 10.1 Å². The molecule has 0 saturated heterocycles. The van der Waals surface area contributed by atoms with Crippen LogP contribution in [0, 0.1) is 0 Å². The average molecular weight is 325 g/mol. The van der Waals surface area contributed by atoms with Gasteiger partial charge in [0.2, 0.25) is 0 Å². The summed E-state index contributed by atoms with van der Waals surface area (Å²) in [6.45, 7) is 2.54. The van der Waals surface area contributed by atoms with Crippen molar-refractivity contribution in [2.75, 3.05) is 19.4 Å². The quantitative estimate of drug-likeness (QED) is 0.850. The van der Waals surface area contributed by atoms with Crippen molar-refractivity contribution in [3.8, 4) is 5.75 Å². The first-order valence-electron chi connectivity index (χ1n) is 6.73. The van der Waals surface area contributed by atoms with E-state index in [2.05, 4.69) is 5.32 Å². The van der Waals surface area contributed by atoms with Crippen molar-refractivity contribution >= 4 is 21.2 Å². The molecule has 0 radical (unpaired) electrons. The van der Waals surface area contributed by atoms with Crippen molar-refractivity contribution in [1.82, 2.24) is 5.32 Å². The van der Waals surface area contributed by atoms with Gasteiger partial charge in [0.1, 0.15) is 9.96 Å². The molecular weight excluding hydrogens is 306 g/mol. The van der Waals surface area contributed by atoms with E-state index in [1.807, 2.05) is 31.2 Å². The summed E-state index contributed by atoms with van der Waals surface area (Å²) in [6.07, 6.45) is 0. The third-order valence-electron chi connectivity index (χ3n) is 3.13. The lowest BCUT2D eigenvalue weighted by Crippen LogP contribution is -2.25. The lowest BCUT2D eigenvalue weighted by Gasteiger charge is -2.16. The van der Waals surface area contributed by atoms with E-state index in [1.54, 1.807) is 24.6 Å². The second-order valence-corrected chi connectivity index (χ2v) is 7.77. The van der Waals surface area contributed by atoms with Crippen LogP contribution in [0.5, 0.6) is 5.75 Å². The number of thiophene rings is 1. The molecule has 0 aliphatic carbocycles. The molecule has 0 bridgehead atoms. The van der Waals surface area contributed by atoms with E-state index >= 15 is 0 Å². The highest BCUT2D eigenvalue weighted by molar-refractivity contribution is 7.93. The number of rotatable bonds is 7. The summed E-state index contributed by atoms with van der Waals surface area (Å²) in [7, 11) is -1.50. The van der Waals surface area contributed by atoms with Crippen LogP contribution in [0.25, 0.3) is 0 Å². The molecule has 4 nitrogen and oxygen atoms in total. The van der Waals surface area contributed by atoms with Crippen LogP contribution in [0.2, 0.25) is 0 Å². The third-order valence-corrected chi connectivity index (χ3v) is 6.36. The van der Waals surface area contributed by atoms with Gasteiger partial charge in [0.05, 0.1) is 12.4 Å². The molecule has 1 aromatic carbocycles. The fourth-order valence-electron chi connectivity index (χ4n) is 2.05. The maximum atomic E-state index is 12.4. The van der Waals surface area contributed by atoms with Gasteiger partial charge in [-0.25, -0.2) is 8.42 Å². The average Bonchev–Trinajstić information content (AvgIpc) is 3.01. The van der Waals surface area contributed by atoms with Crippen LogP contribution in [0.15, 0.2) is 46.0 Å². The van der Waals surface area contributed by atoms with Crippen LogP contribution >= 0.6 is 11.3 Å². The summed E-state index contributed by atoms with van der Waals surface area (Å²) >= 11 is 1.25. The van der Waals surface area contributed by atoms with Gasteiger partial charge in [0.15, 0.2) is 9.84 Å². The molecule has 0 fully saturated rings. The molecule has 114 valence electrons. The Morgan fingerprint density at radius 2 is 1.95 bits per heavy atom. The molecule has 2 aromatic rings. The van der Waals surface area contributed by atoms with Gasteiger partial charge < -0.3 is 10.1 Å². The molecule has 1 aromatic heterocycles. The number of nitrogens with one attached hydrogen (secondary N) is 1. The summed E-state index contributed by atoms with van der Waals surface area (Å²) in [6, 6.07) is 10.7. The highest BCUT2D eigenvalue weighted by atomic mass is 32.2. The van der Waals surface area contributed by atoms with Crippen molar-refractivity contribution in [2.24, 2.45) is 0 Å². The molecule has 0 saturated carbocycles. The van der Waals surface area contributed by atoms with Gasteiger partial charge >= 0.3 is 0 Å². The number of hydrogen-bond acceptors (Lipinski definition) is 5. The molecule has 21 heavy (non-hydrogen) atoms. The van der Waals surface area contributed by atoms with Gasteiger partial charge in [-0.15, -0.1) is 11.3 Å². The summed E-state index contributed by atoms with van der Waals surface area (Å²) in [4.78, 5) is 0. The van der Waals surface area contributed by atoms with Crippen molar-refractivity contribution in [1.29, 1.82) is 0 Å². The van der Waals surface area contributed by atoms with Crippen molar-refractivity contribution < 1.29 is 13.2 Å². The van der Waals surface area contributed by atoms with E-state index < -0.39 is 9.84 Å². The summed E-state index contributed by atoms with van der Waals surface area (Å²) < 4.78 is 30.5. The van der Waals surface area contributed by atoms with E-state index in [4.69, 9.17) is 4.74 Å². The topological polar surface area (TPSA) is 55.4 Å². The monoisotopic (exact) mass is 325 g/mol. The van der Waals surface area contributed by atoms with Crippen LogP contribution in [0.3, 0.4) is 0 Å². The summed E-state index contributed by atoms with van der Waals surface area (Å²) in [5.41, 5.74) is 0.932. The van der Waals surface area contributed by atoms with Gasteiger partial charge in [0.25, 0.3) is 0 Å². The fraction of sp³-hybridized carbons (Fsp3) is 0.333. The van der Waals surface area contributed by atoms with Gasteiger partial charge in [0, 0.05) is 6.04 Å². The number of ether oxygens (including phenoxy) is 1. The number of benzene rings is 1. The standard InChI is InChI=1S/C15H19NO3S2/c1-3-19-13-8-6-12(7-9-13)14(16-2)11-21(17,18)15-5-4-10-20-15/h4-10,14,16H,3,11H2,1-2H3. The Bertz CT molecular complexity index is 649. The minimum absolute atomic E-state index is 0.0397. The first kappa shape index (κ1) is 16.0. The zero-order chi connectivity index (χ0) is 15.3. The summed E-state index contributed by atoms with van der Waals surface area (Å²) in [5.74, 6) is 0.829. The molecule has 0 aliphatic rings. The Morgan fingerprint density at radius 3 is 2.48 bits per heavy atom. The van der Waals surface area contributed by atoms with E-state index in [-0.39, 0.29) is 11.8 Å². The van der Waals surface area contributed by atoms with E-state index in [0.29, 0.717) is 10.8 Å². The maximum absolute atomic E-state index is 12.4. The summed E-state index contributed by atoms with van der Waals surface area (Å²) in [5, 5.41) is 4.85. The minimum Gasteiger partial charge on any atom is -0.494 e. The number of sulfone groups is 1. The first-order chi connectivity index (χ1) is 10.1. The number of hydrogen-bond donors (Lipinski definition) is 1. The van der Waals surface area contributed by atoms with Crippen molar-refractivity contribution in [3.63, 3.8) is 0 Å². The predicted octanol–water partition coefficient (Wildman–Crippen LogP) is 2.88. The SMILES string of the molecule is CCOc1ccc(C(CS(=O)(=O)c2cccs2)NC)cc1. The predicted molar refractivity (Wildman–Crippen MR) is 85.8 cm³/mol. The Morgan fingerprint density at radius 1 is 1.24 bits per heavy atom. The van der Waals surface area contributed by atoms with Gasteiger partial charge in [-0.1, -0.05) is 18.2 Å². The van der Waals surface area contributed by atoms with Crippen LogP contribution in [0.1, 0.15) is 18.5 Å². The second-order valence-electron chi connectivity index (χ2n) is 4.56. The van der Waals surface area contributed by atoms with Crippen molar-refractivity contribution in [3.05, 3.63) is 47.3 Å². The molecule has 1 unspecified atom stereocenters. The second kappa shape index (κ2) is 7.06. The third kappa shape index (κ3) is 4.06. The molecule has 1 heterocycles. The highest BCUT2D eigenvalue weighted by Crippen LogP contribution is 2.24. The zero-order valence-corrected chi connectivity index (χ0v) is 13.7. The zero-order valence-electron chi connectivity index (χ0n) is 12.1. The molecule has 0 spiro atoms. The van der Waals surface area contributed by atoms with Crippen LogP contribution in [-0.4, -0.2) is 27.8 Å². The maximum Gasteiger partial charge on any atom is 0.189 e. The molecule has 1 atom stereocenters. The Hall–Kier alpha value is -1.37. The lowest BCUT2D eigenvalue weighted by atomic mass is 10.1. The highest BCUT2D eigenvalue weighted by Gasteiger charge is 2.22. The smallest absolute Gasteiger partial charge is 0.189 e.